The molecule has 0 aliphatic heterocycles. The Morgan fingerprint density at radius 3 is 2.26 bits per heavy atom. The van der Waals surface area contributed by atoms with Gasteiger partial charge < -0.3 is 19.5 Å². The smallest absolute Gasteiger partial charge is 0.328 e. The van der Waals surface area contributed by atoms with E-state index in [1.807, 2.05) is 68.4 Å². The topological polar surface area (TPSA) is 118 Å². The van der Waals surface area contributed by atoms with Crippen LogP contribution in [-0.4, -0.2) is 61.3 Å². The third kappa shape index (κ3) is 8.32. The summed E-state index contributed by atoms with van der Waals surface area (Å²) in [5.41, 5.74) is 2.63. The number of fused-ring (bicyclic) bond motifs is 1. The minimum Gasteiger partial charge on any atom is -0.467 e. The fraction of sp³-hybridized carbons (Fsp3) is 0.303. The lowest BCUT2D eigenvalue weighted by molar-refractivity contribution is -0.150. The number of hydrogen-bond acceptors (Lipinski definition) is 7. The van der Waals surface area contributed by atoms with Gasteiger partial charge in [-0.15, -0.1) is 0 Å². The quantitative estimate of drug-likeness (QED) is 0.121. The van der Waals surface area contributed by atoms with Gasteiger partial charge in [0.15, 0.2) is 9.84 Å². The monoisotopic (exact) mass is 603 g/mol. The number of rotatable bonds is 14. The molecule has 0 radical (unpaired) electrons. The molecule has 1 heterocycles. The number of carbonyl (C=O) groups excluding carboxylic acids is 2. The maximum Gasteiger partial charge on any atom is 0.328 e. The highest BCUT2D eigenvalue weighted by Crippen LogP contribution is 2.23. The number of nitrogens with zero attached hydrogens (tertiary/aromatic N) is 2. The molecule has 0 saturated heterocycles. The van der Waals surface area contributed by atoms with Crippen molar-refractivity contribution in [2.24, 2.45) is 11.1 Å². The van der Waals surface area contributed by atoms with Crippen molar-refractivity contribution in [3.05, 3.63) is 102 Å². The molecule has 0 bridgehead atoms. The molecular formula is C33H37N3O6S. The third-order valence-electron chi connectivity index (χ3n) is 7.00. The summed E-state index contributed by atoms with van der Waals surface area (Å²) >= 11 is 0. The highest BCUT2D eigenvalue weighted by Gasteiger charge is 2.35. The summed E-state index contributed by atoms with van der Waals surface area (Å²) in [5, 5.41) is 5.11. The number of para-hydroxylation sites is 1. The van der Waals surface area contributed by atoms with E-state index in [1.54, 1.807) is 24.4 Å². The molecule has 0 fully saturated rings. The van der Waals surface area contributed by atoms with Crippen LogP contribution in [0.5, 0.6) is 0 Å². The molecule has 0 aliphatic carbocycles. The van der Waals surface area contributed by atoms with Crippen LogP contribution in [0.15, 0.2) is 101 Å². The van der Waals surface area contributed by atoms with Crippen LogP contribution in [0.4, 0.5) is 0 Å². The number of carbonyl (C=O) groups is 2. The molecule has 43 heavy (non-hydrogen) atoms. The number of aromatic amines is 1. The van der Waals surface area contributed by atoms with Crippen molar-refractivity contribution < 1.29 is 27.6 Å². The van der Waals surface area contributed by atoms with Gasteiger partial charge in [-0.2, -0.15) is 0 Å². The van der Waals surface area contributed by atoms with E-state index in [9.17, 15) is 18.0 Å². The van der Waals surface area contributed by atoms with Crippen molar-refractivity contribution in [2.45, 2.75) is 44.2 Å². The van der Waals surface area contributed by atoms with E-state index in [1.165, 1.54) is 24.1 Å². The molecular weight excluding hydrogens is 566 g/mol. The van der Waals surface area contributed by atoms with Crippen LogP contribution in [0.2, 0.25) is 0 Å². The number of hydrogen-bond donors (Lipinski definition) is 1. The highest BCUT2D eigenvalue weighted by atomic mass is 32.2. The summed E-state index contributed by atoms with van der Waals surface area (Å²) in [5.74, 6) is -1.61. The van der Waals surface area contributed by atoms with E-state index < -0.39 is 33.5 Å². The zero-order valence-corrected chi connectivity index (χ0v) is 25.4. The fourth-order valence-electron chi connectivity index (χ4n) is 4.80. The zero-order chi connectivity index (χ0) is 30.8. The Morgan fingerprint density at radius 1 is 0.930 bits per heavy atom. The van der Waals surface area contributed by atoms with E-state index in [-0.39, 0.29) is 42.5 Å². The molecule has 0 spiro atoms. The van der Waals surface area contributed by atoms with Gasteiger partial charge in [-0.25, -0.2) is 13.2 Å². The molecule has 0 aliphatic rings. The number of aromatic nitrogens is 1. The minimum atomic E-state index is -3.78. The lowest BCUT2D eigenvalue weighted by atomic mass is 10.0. The summed E-state index contributed by atoms with van der Waals surface area (Å²) in [4.78, 5) is 37.7. The minimum absolute atomic E-state index is 0.0307. The normalized spacial score (nSPS) is 12.7. The number of sulfone groups is 1. The third-order valence-corrected chi connectivity index (χ3v) is 8.71. The van der Waals surface area contributed by atoms with Crippen LogP contribution < -0.4 is 0 Å². The first-order valence-electron chi connectivity index (χ1n) is 14.1. The fourth-order valence-corrected chi connectivity index (χ4v) is 6.05. The Bertz CT molecular complexity index is 1650. The Balaban J connectivity index is 1.70. The summed E-state index contributed by atoms with van der Waals surface area (Å²) in [6.45, 7) is 3.77. The number of H-pyrrole nitrogens is 1. The molecule has 9 nitrogen and oxygen atoms in total. The summed E-state index contributed by atoms with van der Waals surface area (Å²) in [7, 11) is -2.53. The Hall–Kier alpha value is -4.44. The van der Waals surface area contributed by atoms with Crippen molar-refractivity contribution in [3.63, 3.8) is 0 Å². The van der Waals surface area contributed by atoms with Gasteiger partial charge in [-0.3, -0.25) is 4.79 Å². The van der Waals surface area contributed by atoms with Gasteiger partial charge in [0.2, 0.25) is 0 Å². The van der Waals surface area contributed by atoms with Gasteiger partial charge in [-0.1, -0.05) is 85.7 Å². The standard InChI is InChI=1S/C33H37N3O6S/c1-24(2)20-30(35-42-23-25-12-6-4-7-13-25)32(37)36(18-19-43(39,40)27-14-8-5-9-15-27)31(33(38)41-3)21-26-22-34-29-17-11-10-16-28(26)29/h4-17,22,24,31,34H,18-21,23H2,1-3H3. The van der Waals surface area contributed by atoms with Gasteiger partial charge >= 0.3 is 5.97 Å². The molecule has 226 valence electrons. The highest BCUT2D eigenvalue weighted by molar-refractivity contribution is 7.91. The van der Waals surface area contributed by atoms with Crippen LogP contribution in [0.25, 0.3) is 10.9 Å². The van der Waals surface area contributed by atoms with Crippen molar-refractivity contribution in [2.75, 3.05) is 19.4 Å². The maximum atomic E-state index is 14.2. The molecule has 1 atom stereocenters. The molecule has 1 aromatic heterocycles. The predicted molar refractivity (Wildman–Crippen MR) is 166 cm³/mol. The average molecular weight is 604 g/mol. The second-order valence-corrected chi connectivity index (χ2v) is 12.7. The van der Waals surface area contributed by atoms with Crippen molar-refractivity contribution >= 4 is 38.3 Å². The predicted octanol–water partition coefficient (Wildman–Crippen LogP) is 5.17. The first-order chi connectivity index (χ1) is 20.7. The second kappa shape index (κ2) is 14.6. The van der Waals surface area contributed by atoms with Gasteiger partial charge in [-0.05, 0) is 35.2 Å². The lowest BCUT2D eigenvalue weighted by Crippen LogP contribution is -2.51. The van der Waals surface area contributed by atoms with Gasteiger partial charge in [0.1, 0.15) is 18.4 Å². The van der Waals surface area contributed by atoms with Crippen LogP contribution in [0.1, 0.15) is 31.4 Å². The Labute approximate surface area is 252 Å². The second-order valence-electron chi connectivity index (χ2n) is 10.6. The number of nitrogens with one attached hydrogen (secondary N) is 1. The largest absolute Gasteiger partial charge is 0.467 e. The Morgan fingerprint density at radius 2 is 1.58 bits per heavy atom. The molecule has 3 aromatic carbocycles. The lowest BCUT2D eigenvalue weighted by Gasteiger charge is -2.30. The van der Waals surface area contributed by atoms with Crippen molar-refractivity contribution in [1.29, 1.82) is 0 Å². The summed E-state index contributed by atoms with van der Waals surface area (Å²) in [6, 6.07) is 23.9. The van der Waals surface area contributed by atoms with E-state index in [2.05, 4.69) is 10.1 Å². The number of benzene rings is 3. The number of methoxy groups -OCH3 is 1. The zero-order valence-electron chi connectivity index (χ0n) is 24.6. The SMILES string of the molecule is COC(=O)C(Cc1c[nH]c2ccccc12)N(CCS(=O)(=O)c1ccccc1)C(=O)C(CC(C)C)=NOCc1ccccc1. The number of esters is 1. The van der Waals surface area contributed by atoms with Crippen LogP contribution >= 0.6 is 0 Å². The van der Waals surface area contributed by atoms with Gasteiger partial charge in [0.25, 0.3) is 5.91 Å². The molecule has 1 amide bonds. The van der Waals surface area contributed by atoms with Crippen LogP contribution in [0, 0.1) is 5.92 Å². The molecule has 1 unspecified atom stereocenters. The summed E-state index contributed by atoms with van der Waals surface area (Å²) in [6.07, 6.45) is 2.15. The van der Waals surface area contributed by atoms with Crippen LogP contribution in [0.3, 0.4) is 0 Å². The molecule has 1 N–H and O–H groups in total. The molecule has 0 saturated carbocycles. The van der Waals surface area contributed by atoms with Gasteiger partial charge in [0, 0.05) is 36.5 Å². The first kappa shape index (κ1) is 31.5. The Kier molecular flexibility index (Phi) is 10.7. The van der Waals surface area contributed by atoms with Gasteiger partial charge in [0.05, 0.1) is 17.8 Å². The summed E-state index contributed by atoms with van der Waals surface area (Å²) < 4.78 is 31.7. The molecule has 10 heteroatoms. The van der Waals surface area contributed by atoms with E-state index in [0.29, 0.717) is 0 Å². The number of ether oxygens (including phenoxy) is 1. The van der Waals surface area contributed by atoms with Crippen molar-refractivity contribution in [1.82, 2.24) is 9.88 Å². The maximum absolute atomic E-state index is 14.2. The number of amides is 1. The number of oxime groups is 1. The van der Waals surface area contributed by atoms with Crippen molar-refractivity contribution in [3.8, 4) is 0 Å². The molecule has 4 rings (SSSR count). The first-order valence-corrected chi connectivity index (χ1v) is 15.8. The molecule has 4 aromatic rings. The average Bonchev–Trinajstić information content (AvgIpc) is 3.43. The van der Waals surface area contributed by atoms with E-state index >= 15 is 0 Å². The van der Waals surface area contributed by atoms with Crippen LogP contribution in [-0.2, 0) is 42.0 Å². The van der Waals surface area contributed by atoms with E-state index in [0.717, 1.165) is 22.0 Å². The van der Waals surface area contributed by atoms with E-state index in [4.69, 9.17) is 9.57 Å².